The molecular weight excluding hydrogens is 342 g/mol. The summed E-state index contributed by atoms with van der Waals surface area (Å²) in [6.07, 6.45) is 5.32. The topological polar surface area (TPSA) is 61.9 Å². The predicted octanol–water partition coefficient (Wildman–Crippen LogP) is 2.89. The highest BCUT2D eigenvalue weighted by atomic mass is 16.5. The number of amides is 2. The van der Waals surface area contributed by atoms with Crippen LogP contribution in [0.4, 0.5) is 11.4 Å². The second-order valence-electron chi connectivity index (χ2n) is 7.46. The van der Waals surface area contributed by atoms with Crippen LogP contribution < -0.4 is 10.2 Å². The first-order valence-electron chi connectivity index (χ1n) is 10.2. The Bertz CT molecular complexity index is 620. The van der Waals surface area contributed by atoms with E-state index in [1.165, 1.54) is 12.8 Å². The molecule has 1 heterocycles. The second-order valence-corrected chi connectivity index (χ2v) is 7.46. The van der Waals surface area contributed by atoms with Gasteiger partial charge in [-0.2, -0.15) is 0 Å². The Hall–Kier alpha value is -2.08. The van der Waals surface area contributed by atoms with Gasteiger partial charge in [-0.15, -0.1) is 0 Å². The summed E-state index contributed by atoms with van der Waals surface area (Å²) in [6.45, 7) is 5.89. The first-order valence-corrected chi connectivity index (χ1v) is 10.2. The number of nitrogens with one attached hydrogen (secondary N) is 1. The molecule has 2 aliphatic rings. The molecule has 6 nitrogen and oxygen atoms in total. The van der Waals surface area contributed by atoms with Gasteiger partial charge in [0, 0.05) is 37.4 Å². The summed E-state index contributed by atoms with van der Waals surface area (Å²) in [7, 11) is 0. The zero-order valence-electron chi connectivity index (χ0n) is 16.3. The number of ether oxygens (including phenoxy) is 1. The van der Waals surface area contributed by atoms with Crippen LogP contribution in [0.25, 0.3) is 0 Å². The zero-order chi connectivity index (χ0) is 19.1. The van der Waals surface area contributed by atoms with Crippen LogP contribution in [0.5, 0.6) is 0 Å². The van der Waals surface area contributed by atoms with E-state index in [4.69, 9.17) is 4.74 Å². The van der Waals surface area contributed by atoms with Gasteiger partial charge in [0.2, 0.25) is 11.8 Å². The lowest BCUT2D eigenvalue weighted by Gasteiger charge is -2.29. The van der Waals surface area contributed by atoms with Crippen molar-refractivity contribution in [1.82, 2.24) is 4.90 Å². The van der Waals surface area contributed by atoms with Crippen LogP contribution >= 0.6 is 0 Å². The van der Waals surface area contributed by atoms with E-state index >= 15 is 0 Å². The molecule has 0 unspecified atom stereocenters. The van der Waals surface area contributed by atoms with E-state index < -0.39 is 0 Å². The Morgan fingerprint density at radius 3 is 2.44 bits per heavy atom. The van der Waals surface area contributed by atoms with Crippen molar-refractivity contribution in [3.8, 4) is 0 Å². The van der Waals surface area contributed by atoms with Gasteiger partial charge in [0.25, 0.3) is 0 Å². The summed E-state index contributed by atoms with van der Waals surface area (Å²) in [5.41, 5.74) is 1.90. The molecule has 1 aliphatic carbocycles. The van der Waals surface area contributed by atoms with Crippen LogP contribution in [0.1, 0.15) is 39.0 Å². The first-order chi connectivity index (χ1) is 13.2. The van der Waals surface area contributed by atoms with E-state index in [0.717, 1.165) is 50.5 Å². The molecule has 27 heavy (non-hydrogen) atoms. The maximum absolute atomic E-state index is 12.5. The number of anilines is 2. The fourth-order valence-corrected chi connectivity index (χ4v) is 3.92. The number of carbonyl (C=O) groups excluding carboxylic acids is 2. The van der Waals surface area contributed by atoms with Gasteiger partial charge in [-0.25, -0.2) is 0 Å². The number of rotatable bonds is 7. The van der Waals surface area contributed by atoms with Gasteiger partial charge in [-0.1, -0.05) is 12.8 Å². The van der Waals surface area contributed by atoms with Crippen molar-refractivity contribution >= 4 is 23.2 Å². The SMILES string of the molecule is CCN(CC(=O)Nc1ccc(N2CCOCC2)cc1)C(=O)CC1CCCC1. The van der Waals surface area contributed by atoms with Crippen molar-refractivity contribution in [3.05, 3.63) is 24.3 Å². The minimum atomic E-state index is -0.143. The molecule has 3 rings (SSSR count). The van der Waals surface area contributed by atoms with Gasteiger partial charge in [0.05, 0.1) is 19.8 Å². The largest absolute Gasteiger partial charge is 0.378 e. The minimum absolute atomic E-state index is 0.0993. The number of hydrogen-bond donors (Lipinski definition) is 1. The third-order valence-corrected chi connectivity index (χ3v) is 5.53. The number of morpholine rings is 1. The summed E-state index contributed by atoms with van der Waals surface area (Å²) in [5.74, 6) is 0.459. The van der Waals surface area contributed by atoms with Gasteiger partial charge in [0.15, 0.2) is 0 Å². The standard InChI is InChI=1S/C21H31N3O3/c1-2-23(21(26)15-17-5-3-4-6-17)16-20(25)22-18-7-9-19(10-8-18)24-11-13-27-14-12-24/h7-10,17H,2-6,11-16H2,1H3,(H,22,25). The lowest BCUT2D eigenvalue weighted by Crippen LogP contribution is -2.38. The Balaban J connectivity index is 1.48. The lowest BCUT2D eigenvalue weighted by molar-refractivity contribution is -0.135. The van der Waals surface area contributed by atoms with Crippen molar-refractivity contribution in [2.75, 3.05) is 49.6 Å². The summed E-state index contributed by atoms with van der Waals surface area (Å²) >= 11 is 0. The minimum Gasteiger partial charge on any atom is -0.378 e. The molecule has 148 valence electrons. The quantitative estimate of drug-likeness (QED) is 0.798. The molecule has 1 aromatic rings. The fourth-order valence-electron chi connectivity index (χ4n) is 3.92. The predicted molar refractivity (Wildman–Crippen MR) is 107 cm³/mol. The van der Waals surface area contributed by atoms with Gasteiger partial charge in [-0.3, -0.25) is 9.59 Å². The molecule has 0 bridgehead atoms. The van der Waals surface area contributed by atoms with Crippen molar-refractivity contribution in [2.45, 2.75) is 39.0 Å². The molecule has 0 atom stereocenters. The van der Waals surface area contributed by atoms with E-state index in [1.54, 1.807) is 4.90 Å². The zero-order valence-corrected chi connectivity index (χ0v) is 16.3. The van der Waals surface area contributed by atoms with Crippen molar-refractivity contribution in [1.29, 1.82) is 0 Å². The molecule has 2 amide bonds. The fraction of sp³-hybridized carbons (Fsp3) is 0.619. The smallest absolute Gasteiger partial charge is 0.243 e. The van der Waals surface area contributed by atoms with Gasteiger partial charge in [0.1, 0.15) is 0 Å². The molecular formula is C21H31N3O3. The normalized spacial score (nSPS) is 17.7. The second kappa shape index (κ2) is 9.74. The van der Waals surface area contributed by atoms with Gasteiger partial charge >= 0.3 is 0 Å². The molecule has 1 saturated carbocycles. The molecule has 0 radical (unpaired) electrons. The van der Waals surface area contributed by atoms with Crippen LogP contribution in [0.15, 0.2) is 24.3 Å². The number of likely N-dealkylation sites (N-methyl/N-ethyl adjacent to an activating group) is 1. The van der Waals surface area contributed by atoms with Crippen molar-refractivity contribution in [2.24, 2.45) is 5.92 Å². The van der Waals surface area contributed by atoms with E-state index in [2.05, 4.69) is 10.2 Å². The molecule has 1 saturated heterocycles. The number of hydrogen-bond acceptors (Lipinski definition) is 4. The van der Waals surface area contributed by atoms with Crippen LogP contribution in [0.3, 0.4) is 0 Å². The highest BCUT2D eigenvalue weighted by molar-refractivity contribution is 5.94. The summed E-state index contributed by atoms with van der Waals surface area (Å²) < 4.78 is 5.38. The van der Waals surface area contributed by atoms with E-state index in [9.17, 15) is 9.59 Å². The first kappa shape index (κ1) is 19.7. The molecule has 1 aromatic carbocycles. The number of benzene rings is 1. The summed E-state index contributed by atoms with van der Waals surface area (Å²) in [5, 5.41) is 2.91. The summed E-state index contributed by atoms with van der Waals surface area (Å²) in [4.78, 5) is 28.8. The van der Waals surface area contributed by atoms with Crippen LogP contribution in [-0.2, 0) is 14.3 Å². The highest BCUT2D eigenvalue weighted by Crippen LogP contribution is 2.28. The third kappa shape index (κ3) is 5.70. The Morgan fingerprint density at radius 1 is 1.15 bits per heavy atom. The highest BCUT2D eigenvalue weighted by Gasteiger charge is 2.22. The summed E-state index contributed by atoms with van der Waals surface area (Å²) in [6, 6.07) is 7.87. The van der Waals surface area contributed by atoms with Crippen LogP contribution in [0.2, 0.25) is 0 Å². The van der Waals surface area contributed by atoms with E-state index in [0.29, 0.717) is 18.9 Å². The van der Waals surface area contributed by atoms with E-state index in [1.807, 2.05) is 31.2 Å². The average molecular weight is 373 g/mol. The molecule has 6 heteroatoms. The maximum atomic E-state index is 12.5. The molecule has 0 aromatic heterocycles. The maximum Gasteiger partial charge on any atom is 0.243 e. The Morgan fingerprint density at radius 2 is 1.81 bits per heavy atom. The lowest BCUT2D eigenvalue weighted by atomic mass is 10.0. The molecule has 2 fully saturated rings. The molecule has 1 N–H and O–H groups in total. The number of nitrogens with zero attached hydrogens (tertiary/aromatic N) is 2. The monoisotopic (exact) mass is 373 g/mol. The average Bonchev–Trinajstić information content (AvgIpc) is 3.20. The molecule has 1 aliphatic heterocycles. The Labute approximate surface area is 161 Å². The van der Waals surface area contributed by atoms with Crippen molar-refractivity contribution in [3.63, 3.8) is 0 Å². The van der Waals surface area contributed by atoms with Crippen LogP contribution in [0, 0.1) is 5.92 Å². The van der Waals surface area contributed by atoms with Gasteiger partial charge < -0.3 is 19.9 Å². The van der Waals surface area contributed by atoms with Gasteiger partial charge in [-0.05, 0) is 49.9 Å². The van der Waals surface area contributed by atoms with E-state index in [-0.39, 0.29) is 18.4 Å². The molecule has 0 spiro atoms. The number of carbonyl (C=O) groups is 2. The van der Waals surface area contributed by atoms with Crippen molar-refractivity contribution < 1.29 is 14.3 Å². The third-order valence-electron chi connectivity index (χ3n) is 5.53. The Kier molecular flexibility index (Phi) is 7.10. The van der Waals surface area contributed by atoms with Crippen LogP contribution in [-0.4, -0.2) is 56.1 Å².